The number of carbonyl (C=O) groups excluding carboxylic acids is 1. The van der Waals surface area contributed by atoms with Gasteiger partial charge in [-0.1, -0.05) is 37.3 Å². The fourth-order valence-corrected chi connectivity index (χ4v) is 1.94. The fourth-order valence-electron chi connectivity index (χ4n) is 1.94. The lowest BCUT2D eigenvalue weighted by atomic mass is 10.0. The van der Waals surface area contributed by atoms with Gasteiger partial charge in [-0.15, -0.1) is 0 Å². The van der Waals surface area contributed by atoms with Crippen LogP contribution in [0.2, 0.25) is 0 Å². The predicted octanol–water partition coefficient (Wildman–Crippen LogP) is 2.30. The standard InChI is InChI=1S/C14H17N3O/c1-3-12(11-7-5-4-6-8-11)16-14(18)13-9-10-15-17(13)2/h4-10,12H,3H2,1-2H3,(H,16,18)/t12-/m1/s1. The third-order valence-electron chi connectivity index (χ3n) is 2.97. The highest BCUT2D eigenvalue weighted by molar-refractivity contribution is 5.92. The van der Waals surface area contributed by atoms with Crippen molar-refractivity contribution in [3.63, 3.8) is 0 Å². The number of hydrogen-bond acceptors (Lipinski definition) is 2. The summed E-state index contributed by atoms with van der Waals surface area (Å²) in [4.78, 5) is 12.1. The Bertz CT molecular complexity index is 519. The minimum Gasteiger partial charge on any atom is -0.344 e. The number of aryl methyl sites for hydroxylation is 1. The van der Waals surface area contributed by atoms with Gasteiger partial charge < -0.3 is 5.32 Å². The number of hydrogen-bond donors (Lipinski definition) is 1. The first-order valence-electron chi connectivity index (χ1n) is 6.06. The van der Waals surface area contributed by atoms with Gasteiger partial charge in [-0.05, 0) is 18.1 Å². The second kappa shape index (κ2) is 5.49. The molecule has 2 rings (SSSR count). The lowest BCUT2D eigenvalue weighted by Crippen LogP contribution is -2.29. The maximum Gasteiger partial charge on any atom is 0.270 e. The van der Waals surface area contributed by atoms with Crippen LogP contribution in [0.15, 0.2) is 42.6 Å². The molecule has 0 spiro atoms. The van der Waals surface area contributed by atoms with Crippen LogP contribution in [0.1, 0.15) is 35.4 Å². The van der Waals surface area contributed by atoms with E-state index in [1.165, 1.54) is 0 Å². The quantitative estimate of drug-likeness (QED) is 0.895. The molecule has 2 aromatic rings. The minimum atomic E-state index is -0.0919. The van der Waals surface area contributed by atoms with Crippen LogP contribution in [0, 0.1) is 0 Å². The van der Waals surface area contributed by atoms with Crippen molar-refractivity contribution < 1.29 is 4.79 Å². The average Bonchev–Trinajstić information content (AvgIpc) is 2.83. The molecule has 0 aliphatic heterocycles. The molecule has 18 heavy (non-hydrogen) atoms. The van der Waals surface area contributed by atoms with E-state index in [2.05, 4.69) is 17.3 Å². The van der Waals surface area contributed by atoms with Crippen molar-refractivity contribution in [2.24, 2.45) is 7.05 Å². The van der Waals surface area contributed by atoms with Crippen LogP contribution in [0.4, 0.5) is 0 Å². The molecule has 94 valence electrons. The van der Waals surface area contributed by atoms with Gasteiger partial charge >= 0.3 is 0 Å². The number of benzene rings is 1. The lowest BCUT2D eigenvalue weighted by molar-refractivity contribution is 0.0926. The van der Waals surface area contributed by atoms with E-state index in [9.17, 15) is 4.79 Å². The van der Waals surface area contributed by atoms with Crippen LogP contribution in [0.25, 0.3) is 0 Å². The molecule has 0 aliphatic carbocycles. The summed E-state index contributed by atoms with van der Waals surface area (Å²) in [5.41, 5.74) is 1.69. The van der Waals surface area contributed by atoms with E-state index in [4.69, 9.17) is 0 Å². The molecule has 0 aliphatic rings. The molecule has 4 heteroatoms. The van der Waals surface area contributed by atoms with Crippen molar-refractivity contribution >= 4 is 5.91 Å². The van der Waals surface area contributed by atoms with Gasteiger partial charge in [0.15, 0.2) is 0 Å². The zero-order chi connectivity index (χ0) is 13.0. The van der Waals surface area contributed by atoms with E-state index in [0.29, 0.717) is 5.69 Å². The van der Waals surface area contributed by atoms with Gasteiger partial charge in [0, 0.05) is 13.2 Å². The van der Waals surface area contributed by atoms with Gasteiger partial charge in [0.1, 0.15) is 5.69 Å². The Hall–Kier alpha value is -2.10. The van der Waals surface area contributed by atoms with E-state index in [1.807, 2.05) is 30.3 Å². The van der Waals surface area contributed by atoms with E-state index in [-0.39, 0.29) is 11.9 Å². The van der Waals surface area contributed by atoms with E-state index in [1.54, 1.807) is 24.0 Å². The highest BCUT2D eigenvalue weighted by atomic mass is 16.2. The van der Waals surface area contributed by atoms with Gasteiger partial charge in [-0.3, -0.25) is 9.48 Å². The summed E-state index contributed by atoms with van der Waals surface area (Å²) < 4.78 is 1.58. The highest BCUT2D eigenvalue weighted by Gasteiger charge is 2.15. The molecule has 0 bridgehead atoms. The summed E-state index contributed by atoms with van der Waals surface area (Å²) in [6, 6.07) is 11.7. The molecule has 0 saturated carbocycles. The van der Waals surface area contributed by atoms with Gasteiger partial charge in [0.25, 0.3) is 5.91 Å². The van der Waals surface area contributed by atoms with Crippen LogP contribution in [0.5, 0.6) is 0 Å². The molecular weight excluding hydrogens is 226 g/mol. The van der Waals surface area contributed by atoms with Crippen LogP contribution in [-0.2, 0) is 7.05 Å². The van der Waals surface area contributed by atoms with Gasteiger partial charge in [-0.25, -0.2) is 0 Å². The van der Waals surface area contributed by atoms with Crippen molar-refractivity contribution in [1.82, 2.24) is 15.1 Å². The lowest BCUT2D eigenvalue weighted by Gasteiger charge is -2.17. The maximum absolute atomic E-state index is 12.1. The molecule has 1 heterocycles. The normalized spacial score (nSPS) is 12.1. The van der Waals surface area contributed by atoms with Crippen LogP contribution in [0.3, 0.4) is 0 Å². The van der Waals surface area contributed by atoms with Gasteiger partial charge in [0.2, 0.25) is 0 Å². The first-order chi connectivity index (χ1) is 8.72. The van der Waals surface area contributed by atoms with Crippen LogP contribution >= 0.6 is 0 Å². The van der Waals surface area contributed by atoms with Crippen molar-refractivity contribution in [2.45, 2.75) is 19.4 Å². The molecule has 1 amide bonds. The molecule has 1 aromatic carbocycles. The second-order valence-electron chi connectivity index (χ2n) is 4.19. The summed E-state index contributed by atoms with van der Waals surface area (Å²) in [5, 5.41) is 7.03. The average molecular weight is 243 g/mol. The Morgan fingerprint density at radius 3 is 2.61 bits per heavy atom. The molecule has 1 N–H and O–H groups in total. The third kappa shape index (κ3) is 2.59. The smallest absolute Gasteiger partial charge is 0.270 e. The van der Waals surface area contributed by atoms with Crippen LogP contribution in [-0.4, -0.2) is 15.7 Å². The molecule has 4 nitrogen and oxygen atoms in total. The second-order valence-corrected chi connectivity index (χ2v) is 4.19. The zero-order valence-corrected chi connectivity index (χ0v) is 10.6. The SMILES string of the molecule is CC[C@@H](NC(=O)c1ccnn1C)c1ccccc1. The number of nitrogens with zero attached hydrogens (tertiary/aromatic N) is 2. The Kier molecular flexibility index (Phi) is 3.77. The first kappa shape index (κ1) is 12.4. The van der Waals surface area contributed by atoms with Crippen LogP contribution < -0.4 is 5.32 Å². The molecule has 1 atom stereocenters. The minimum absolute atomic E-state index is 0.0357. The number of nitrogens with one attached hydrogen (secondary N) is 1. The largest absolute Gasteiger partial charge is 0.344 e. The van der Waals surface area contributed by atoms with E-state index >= 15 is 0 Å². The molecule has 0 radical (unpaired) electrons. The topological polar surface area (TPSA) is 46.9 Å². The molecular formula is C14H17N3O. The number of amides is 1. The monoisotopic (exact) mass is 243 g/mol. The van der Waals surface area contributed by atoms with Crippen molar-refractivity contribution in [3.8, 4) is 0 Å². The fraction of sp³-hybridized carbons (Fsp3) is 0.286. The molecule has 0 saturated heterocycles. The Morgan fingerprint density at radius 1 is 1.33 bits per heavy atom. The zero-order valence-electron chi connectivity index (χ0n) is 10.6. The predicted molar refractivity (Wildman–Crippen MR) is 70.1 cm³/mol. The first-order valence-corrected chi connectivity index (χ1v) is 6.06. The Balaban J connectivity index is 2.13. The third-order valence-corrected chi connectivity index (χ3v) is 2.97. The van der Waals surface area contributed by atoms with E-state index < -0.39 is 0 Å². The Morgan fingerprint density at radius 2 is 2.06 bits per heavy atom. The van der Waals surface area contributed by atoms with Crippen molar-refractivity contribution in [1.29, 1.82) is 0 Å². The van der Waals surface area contributed by atoms with Gasteiger partial charge in [-0.2, -0.15) is 5.10 Å². The summed E-state index contributed by atoms with van der Waals surface area (Å²) in [7, 11) is 1.76. The molecule has 0 fully saturated rings. The summed E-state index contributed by atoms with van der Waals surface area (Å²) >= 11 is 0. The number of rotatable bonds is 4. The Labute approximate surface area is 107 Å². The van der Waals surface area contributed by atoms with Crippen molar-refractivity contribution in [3.05, 3.63) is 53.9 Å². The maximum atomic E-state index is 12.1. The van der Waals surface area contributed by atoms with E-state index in [0.717, 1.165) is 12.0 Å². The van der Waals surface area contributed by atoms with Crippen molar-refractivity contribution in [2.75, 3.05) is 0 Å². The summed E-state index contributed by atoms with van der Waals surface area (Å²) in [6.45, 7) is 2.06. The summed E-state index contributed by atoms with van der Waals surface area (Å²) in [5.74, 6) is -0.0919. The summed E-state index contributed by atoms with van der Waals surface area (Å²) in [6.07, 6.45) is 2.48. The molecule has 1 aromatic heterocycles. The molecule has 0 unspecified atom stereocenters. The number of aromatic nitrogens is 2. The van der Waals surface area contributed by atoms with Gasteiger partial charge in [0.05, 0.1) is 6.04 Å². The highest BCUT2D eigenvalue weighted by Crippen LogP contribution is 2.16. The number of carbonyl (C=O) groups is 1.